The third kappa shape index (κ3) is 3.91. The van der Waals surface area contributed by atoms with Crippen molar-refractivity contribution in [3.8, 4) is 0 Å². The van der Waals surface area contributed by atoms with E-state index in [9.17, 15) is 4.79 Å². The Morgan fingerprint density at radius 2 is 1.96 bits per heavy atom. The van der Waals surface area contributed by atoms with E-state index in [1.807, 2.05) is 30.3 Å². The minimum atomic E-state index is -0.268. The molecule has 0 fully saturated rings. The Morgan fingerprint density at radius 1 is 1.13 bits per heavy atom. The number of nitrogens with zero attached hydrogens (tertiary/aromatic N) is 3. The van der Waals surface area contributed by atoms with Gasteiger partial charge in [0.25, 0.3) is 5.91 Å². The highest BCUT2D eigenvalue weighted by Gasteiger charge is 2.09. The van der Waals surface area contributed by atoms with Crippen LogP contribution in [-0.2, 0) is 6.54 Å². The van der Waals surface area contributed by atoms with Gasteiger partial charge in [-0.1, -0.05) is 35.5 Å². The zero-order chi connectivity index (χ0) is 16.1. The lowest BCUT2D eigenvalue weighted by atomic mass is 10.2. The van der Waals surface area contributed by atoms with Gasteiger partial charge in [-0.25, -0.2) is 9.97 Å². The van der Waals surface area contributed by atoms with E-state index in [4.69, 9.17) is 4.52 Å². The summed E-state index contributed by atoms with van der Waals surface area (Å²) in [5, 5.41) is 9.59. The first kappa shape index (κ1) is 14.7. The predicted molar refractivity (Wildman–Crippen MR) is 84.2 cm³/mol. The second kappa shape index (κ2) is 6.69. The standard InChI is InChI=1S/C16H15N5O2/c1-11-7-15(21-23-11)20-14-8-13(18-10-19-14)16(22)17-9-12-5-3-2-4-6-12/h2-8,10H,9H2,1H3,(H,17,22)(H,18,19,20,21). The van der Waals surface area contributed by atoms with Gasteiger partial charge in [0.15, 0.2) is 5.82 Å². The highest BCUT2D eigenvalue weighted by atomic mass is 16.5. The first-order chi connectivity index (χ1) is 11.2. The van der Waals surface area contributed by atoms with Gasteiger partial charge in [-0.3, -0.25) is 4.79 Å². The van der Waals surface area contributed by atoms with Gasteiger partial charge in [0.1, 0.15) is 23.6 Å². The van der Waals surface area contributed by atoms with Gasteiger partial charge in [-0.15, -0.1) is 0 Å². The number of anilines is 2. The fourth-order valence-corrected chi connectivity index (χ4v) is 1.98. The van der Waals surface area contributed by atoms with Crippen molar-refractivity contribution in [1.29, 1.82) is 0 Å². The number of amides is 1. The van der Waals surface area contributed by atoms with Crippen LogP contribution in [0.2, 0.25) is 0 Å². The third-order valence-electron chi connectivity index (χ3n) is 3.08. The van der Waals surface area contributed by atoms with Crippen molar-refractivity contribution in [3.63, 3.8) is 0 Å². The zero-order valence-corrected chi connectivity index (χ0v) is 12.5. The summed E-state index contributed by atoms with van der Waals surface area (Å²) in [4.78, 5) is 20.2. The van der Waals surface area contributed by atoms with Crippen molar-refractivity contribution in [2.75, 3.05) is 5.32 Å². The highest BCUT2D eigenvalue weighted by Crippen LogP contribution is 2.14. The van der Waals surface area contributed by atoms with E-state index >= 15 is 0 Å². The minimum Gasteiger partial charge on any atom is -0.360 e. The molecule has 3 aromatic rings. The molecule has 0 aliphatic rings. The van der Waals surface area contributed by atoms with E-state index in [1.165, 1.54) is 6.33 Å². The molecule has 0 unspecified atom stereocenters. The Bertz CT molecular complexity index is 801. The highest BCUT2D eigenvalue weighted by molar-refractivity contribution is 5.92. The molecular formula is C16H15N5O2. The second-order valence-electron chi connectivity index (χ2n) is 4.90. The third-order valence-corrected chi connectivity index (χ3v) is 3.08. The number of hydrogen-bond donors (Lipinski definition) is 2. The van der Waals surface area contributed by atoms with Crippen molar-refractivity contribution in [2.24, 2.45) is 0 Å². The number of carbonyl (C=O) groups excluding carboxylic acids is 1. The zero-order valence-electron chi connectivity index (χ0n) is 12.5. The molecule has 7 nitrogen and oxygen atoms in total. The average molecular weight is 309 g/mol. The summed E-state index contributed by atoms with van der Waals surface area (Å²) in [6.45, 7) is 2.23. The summed E-state index contributed by atoms with van der Waals surface area (Å²) in [7, 11) is 0. The van der Waals surface area contributed by atoms with Gasteiger partial charge in [0.2, 0.25) is 0 Å². The molecule has 0 bridgehead atoms. The summed E-state index contributed by atoms with van der Waals surface area (Å²) in [6.07, 6.45) is 1.33. The molecule has 1 amide bonds. The van der Waals surface area contributed by atoms with Crippen molar-refractivity contribution in [3.05, 3.63) is 65.8 Å². The van der Waals surface area contributed by atoms with E-state index < -0.39 is 0 Å². The van der Waals surface area contributed by atoms with Crippen LogP contribution in [0, 0.1) is 6.92 Å². The minimum absolute atomic E-state index is 0.268. The number of carbonyl (C=O) groups is 1. The maximum atomic E-state index is 12.2. The van der Waals surface area contributed by atoms with E-state index in [1.54, 1.807) is 19.1 Å². The van der Waals surface area contributed by atoms with E-state index in [0.717, 1.165) is 5.56 Å². The fraction of sp³-hybridized carbons (Fsp3) is 0.125. The van der Waals surface area contributed by atoms with Crippen LogP contribution in [-0.4, -0.2) is 21.0 Å². The van der Waals surface area contributed by atoms with Crippen LogP contribution in [0.15, 0.2) is 53.3 Å². The maximum absolute atomic E-state index is 12.2. The summed E-state index contributed by atoms with van der Waals surface area (Å²) in [5.41, 5.74) is 1.30. The quantitative estimate of drug-likeness (QED) is 0.752. The molecule has 0 saturated carbocycles. The Labute approximate surface area is 132 Å². The van der Waals surface area contributed by atoms with Gasteiger partial charge in [0, 0.05) is 18.7 Å². The summed E-state index contributed by atoms with van der Waals surface area (Å²) < 4.78 is 4.97. The Balaban J connectivity index is 1.65. The van der Waals surface area contributed by atoms with Gasteiger partial charge in [-0.05, 0) is 12.5 Å². The molecule has 3 rings (SSSR count). The lowest BCUT2D eigenvalue weighted by molar-refractivity contribution is 0.0946. The summed E-state index contributed by atoms with van der Waals surface area (Å²) in [6, 6.07) is 13.0. The molecule has 7 heteroatoms. The average Bonchev–Trinajstić information content (AvgIpc) is 2.99. The topological polar surface area (TPSA) is 92.9 Å². The Hall–Kier alpha value is -3.22. The van der Waals surface area contributed by atoms with Gasteiger partial charge in [-0.2, -0.15) is 0 Å². The van der Waals surface area contributed by atoms with Gasteiger partial charge in [0.05, 0.1) is 0 Å². The Kier molecular flexibility index (Phi) is 4.28. The smallest absolute Gasteiger partial charge is 0.270 e. The molecule has 0 spiro atoms. The van der Waals surface area contributed by atoms with E-state index in [-0.39, 0.29) is 11.6 Å². The number of benzene rings is 1. The van der Waals surface area contributed by atoms with Crippen LogP contribution in [0.4, 0.5) is 11.6 Å². The molecule has 23 heavy (non-hydrogen) atoms. The van der Waals surface area contributed by atoms with Crippen LogP contribution in [0.25, 0.3) is 0 Å². The van der Waals surface area contributed by atoms with E-state index in [2.05, 4.69) is 25.8 Å². The molecule has 0 radical (unpaired) electrons. The van der Waals surface area contributed by atoms with E-state index in [0.29, 0.717) is 23.9 Å². The number of rotatable bonds is 5. The lowest BCUT2D eigenvalue weighted by Crippen LogP contribution is -2.24. The van der Waals surface area contributed by atoms with Crippen LogP contribution in [0.1, 0.15) is 21.8 Å². The molecular weight excluding hydrogens is 294 g/mol. The predicted octanol–water partition coefficient (Wildman–Crippen LogP) is 2.45. The molecule has 2 N–H and O–H groups in total. The van der Waals surface area contributed by atoms with Crippen molar-refractivity contribution in [2.45, 2.75) is 13.5 Å². The van der Waals surface area contributed by atoms with Crippen LogP contribution < -0.4 is 10.6 Å². The normalized spacial score (nSPS) is 10.3. The molecule has 0 aliphatic heterocycles. The first-order valence-electron chi connectivity index (χ1n) is 7.05. The van der Waals surface area contributed by atoms with Crippen LogP contribution >= 0.6 is 0 Å². The van der Waals surface area contributed by atoms with Gasteiger partial charge < -0.3 is 15.2 Å². The lowest BCUT2D eigenvalue weighted by Gasteiger charge is -2.06. The number of nitrogens with one attached hydrogen (secondary N) is 2. The Morgan fingerprint density at radius 3 is 2.70 bits per heavy atom. The molecule has 0 saturated heterocycles. The second-order valence-corrected chi connectivity index (χ2v) is 4.90. The number of hydrogen-bond acceptors (Lipinski definition) is 6. The molecule has 2 heterocycles. The molecule has 116 valence electrons. The van der Waals surface area contributed by atoms with Crippen LogP contribution in [0.5, 0.6) is 0 Å². The number of aryl methyl sites for hydroxylation is 1. The largest absolute Gasteiger partial charge is 0.360 e. The summed E-state index contributed by atoms with van der Waals surface area (Å²) in [5.74, 6) is 1.41. The first-order valence-corrected chi connectivity index (χ1v) is 7.05. The fourth-order valence-electron chi connectivity index (χ4n) is 1.98. The van der Waals surface area contributed by atoms with Crippen molar-refractivity contribution in [1.82, 2.24) is 20.4 Å². The van der Waals surface area contributed by atoms with Gasteiger partial charge >= 0.3 is 0 Å². The molecule has 0 atom stereocenters. The monoisotopic (exact) mass is 309 g/mol. The molecule has 2 aromatic heterocycles. The number of aromatic nitrogens is 3. The van der Waals surface area contributed by atoms with Crippen molar-refractivity contribution >= 4 is 17.5 Å². The van der Waals surface area contributed by atoms with Crippen molar-refractivity contribution < 1.29 is 9.32 Å². The van der Waals surface area contributed by atoms with Crippen LogP contribution in [0.3, 0.4) is 0 Å². The maximum Gasteiger partial charge on any atom is 0.270 e. The summed E-state index contributed by atoms with van der Waals surface area (Å²) >= 11 is 0. The molecule has 0 aliphatic carbocycles. The molecule has 1 aromatic carbocycles. The SMILES string of the molecule is Cc1cc(Nc2cc(C(=O)NCc3ccccc3)ncn2)no1.